The van der Waals surface area contributed by atoms with Gasteiger partial charge in [-0.2, -0.15) is 0 Å². The molecule has 0 saturated carbocycles. The Labute approximate surface area is 123 Å². The number of halogens is 4. The van der Waals surface area contributed by atoms with Gasteiger partial charge in [-0.15, -0.1) is 0 Å². The van der Waals surface area contributed by atoms with E-state index in [0.29, 0.717) is 16.3 Å². The number of nitrogens with two attached hydrogens (primary N) is 1. The Hall–Kier alpha value is -1.79. The topological polar surface area (TPSA) is 38.0 Å². The van der Waals surface area contributed by atoms with Gasteiger partial charge in [0.05, 0.1) is 5.69 Å². The van der Waals surface area contributed by atoms with E-state index in [1.54, 1.807) is 0 Å². The highest BCUT2D eigenvalue weighted by Gasteiger charge is 2.15. The number of hydrogen-bond donors (Lipinski definition) is 2. The molecule has 0 bridgehead atoms. The summed E-state index contributed by atoms with van der Waals surface area (Å²) in [6.45, 7) is 0. The van der Waals surface area contributed by atoms with Gasteiger partial charge in [-0.3, -0.25) is 0 Å². The van der Waals surface area contributed by atoms with Crippen LogP contribution in [0.15, 0.2) is 30.3 Å². The minimum atomic E-state index is -1.55. The van der Waals surface area contributed by atoms with Gasteiger partial charge >= 0.3 is 0 Å². The average Bonchev–Trinajstić information content (AvgIpc) is 2.41. The van der Waals surface area contributed by atoms with Crippen molar-refractivity contribution in [2.75, 3.05) is 5.32 Å². The molecule has 2 aromatic carbocycles. The van der Waals surface area contributed by atoms with Crippen molar-refractivity contribution in [3.63, 3.8) is 0 Å². The summed E-state index contributed by atoms with van der Waals surface area (Å²) in [6, 6.07) is 6.42. The zero-order valence-corrected chi connectivity index (χ0v) is 11.5. The van der Waals surface area contributed by atoms with Crippen molar-refractivity contribution in [3.05, 3.63) is 58.4 Å². The predicted octanol–water partition coefficient (Wildman–Crippen LogP) is 4.14. The van der Waals surface area contributed by atoms with Crippen LogP contribution in [0.3, 0.4) is 0 Å². The van der Waals surface area contributed by atoms with E-state index in [1.807, 2.05) is 0 Å². The van der Waals surface area contributed by atoms with Crippen molar-refractivity contribution in [1.29, 1.82) is 0 Å². The highest BCUT2D eigenvalue weighted by Crippen LogP contribution is 2.27. The molecule has 0 amide bonds. The predicted molar refractivity (Wildman–Crippen MR) is 76.9 cm³/mol. The monoisotopic (exact) mass is 316 g/mol. The molecule has 2 nitrogen and oxygen atoms in total. The molecule has 20 heavy (non-hydrogen) atoms. The van der Waals surface area contributed by atoms with Crippen LogP contribution < -0.4 is 11.1 Å². The molecule has 2 aromatic rings. The molecule has 0 spiro atoms. The van der Waals surface area contributed by atoms with Crippen LogP contribution in [0, 0.1) is 17.5 Å². The fraction of sp³-hybridized carbons (Fsp3) is 0. The van der Waals surface area contributed by atoms with Crippen LogP contribution in [0.1, 0.15) is 5.56 Å². The summed E-state index contributed by atoms with van der Waals surface area (Å²) in [4.78, 5) is 0.0398. The van der Waals surface area contributed by atoms with Gasteiger partial charge in [-0.05, 0) is 30.3 Å². The first-order valence-electron chi connectivity index (χ1n) is 5.40. The Morgan fingerprint density at radius 2 is 1.70 bits per heavy atom. The van der Waals surface area contributed by atoms with Crippen LogP contribution >= 0.6 is 23.8 Å². The smallest absolute Gasteiger partial charge is 0.196 e. The molecule has 0 aliphatic heterocycles. The van der Waals surface area contributed by atoms with E-state index < -0.39 is 17.5 Å². The molecule has 0 aliphatic carbocycles. The van der Waals surface area contributed by atoms with Crippen LogP contribution in [0.2, 0.25) is 5.02 Å². The highest BCUT2D eigenvalue weighted by molar-refractivity contribution is 7.80. The number of nitrogens with one attached hydrogen (secondary N) is 1. The van der Waals surface area contributed by atoms with Gasteiger partial charge < -0.3 is 11.1 Å². The minimum Gasteiger partial charge on any atom is -0.389 e. The van der Waals surface area contributed by atoms with E-state index in [-0.39, 0.29) is 10.7 Å². The summed E-state index contributed by atoms with van der Waals surface area (Å²) >= 11 is 10.7. The zero-order chi connectivity index (χ0) is 14.9. The molecule has 104 valence electrons. The molecule has 7 heteroatoms. The van der Waals surface area contributed by atoms with Crippen LogP contribution in [0.25, 0.3) is 0 Å². The Bertz CT molecular complexity index is 692. The molecule has 0 saturated heterocycles. The molecule has 3 N–H and O–H groups in total. The molecule has 0 aromatic heterocycles. The Morgan fingerprint density at radius 3 is 2.35 bits per heavy atom. The summed E-state index contributed by atoms with van der Waals surface area (Å²) < 4.78 is 39.6. The van der Waals surface area contributed by atoms with E-state index in [2.05, 4.69) is 5.32 Å². The summed E-state index contributed by atoms with van der Waals surface area (Å²) in [5.74, 6) is -4.14. The maximum atomic E-state index is 13.6. The molecule has 0 atom stereocenters. The van der Waals surface area contributed by atoms with Crippen molar-refractivity contribution >= 4 is 40.2 Å². The maximum absolute atomic E-state index is 13.6. The van der Waals surface area contributed by atoms with E-state index in [4.69, 9.17) is 29.6 Å². The zero-order valence-electron chi connectivity index (χ0n) is 9.88. The lowest BCUT2D eigenvalue weighted by atomic mass is 10.1. The SMILES string of the molecule is NC(=S)c1cc(Cl)ccc1Nc1ccc(F)c(F)c1F. The summed E-state index contributed by atoms with van der Waals surface area (Å²) in [5, 5.41) is 3.00. The standard InChI is InChI=1S/C13H8ClF3N2S/c14-6-1-3-9(7(5-6)13(18)20)19-10-4-2-8(15)11(16)12(10)17/h1-5,19H,(H2,18,20). The molecule has 0 heterocycles. The van der Waals surface area contributed by atoms with Gasteiger partial charge in [0.2, 0.25) is 0 Å². The number of anilines is 2. The first-order valence-corrected chi connectivity index (χ1v) is 6.18. The Balaban J connectivity index is 2.45. The summed E-state index contributed by atoms with van der Waals surface area (Å²) in [6.07, 6.45) is 0. The van der Waals surface area contributed by atoms with Gasteiger partial charge in [0, 0.05) is 16.3 Å². The van der Waals surface area contributed by atoms with E-state index in [1.165, 1.54) is 18.2 Å². The van der Waals surface area contributed by atoms with Crippen molar-refractivity contribution in [3.8, 4) is 0 Å². The van der Waals surface area contributed by atoms with Crippen LogP contribution in [0.4, 0.5) is 24.5 Å². The van der Waals surface area contributed by atoms with Crippen molar-refractivity contribution in [1.82, 2.24) is 0 Å². The molecule has 0 unspecified atom stereocenters. The number of benzene rings is 2. The van der Waals surface area contributed by atoms with E-state index in [9.17, 15) is 13.2 Å². The highest BCUT2D eigenvalue weighted by atomic mass is 35.5. The second-order valence-electron chi connectivity index (χ2n) is 3.90. The fourth-order valence-electron chi connectivity index (χ4n) is 1.60. The first kappa shape index (κ1) is 14.6. The Morgan fingerprint density at radius 1 is 1.05 bits per heavy atom. The summed E-state index contributed by atoms with van der Waals surface area (Å²) in [5.41, 5.74) is 6.01. The molecule has 0 fully saturated rings. The number of rotatable bonds is 3. The Kier molecular flexibility index (Phi) is 4.15. The normalized spacial score (nSPS) is 10.4. The molecule has 2 rings (SSSR count). The van der Waals surface area contributed by atoms with Crippen molar-refractivity contribution < 1.29 is 13.2 Å². The maximum Gasteiger partial charge on any atom is 0.196 e. The van der Waals surface area contributed by atoms with E-state index in [0.717, 1.165) is 12.1 Å². The molecular weight excluding hydrogens is 309 g/mol. The molecule has 0 radical (unpaired) electrons. The molecular formula is C13H8ClF3N2S. The second kappa shape index (κ2) is 5.68. The summed E-state index contributed by atoms with van der Waals surface area (Å²) in [7, 11) is 0. The third-order valence-electron chi connectivity index (χ3n) is 2.55. The number of hydrogen-bond acceptors (Lipinski definition) is 2. The average molecular weight is 317 g/mol. The van der Waals surface area contributed by atoms with Gasteiger partial charge in [-0.25, -0.2) is 13.2 Å². The van der Waals surface area contributed by atoms with Gasteiger partial charge in [0.1, 0.15) is 4.99 Å². The fourth-order valence-corrected chi connectivity index (χ4v) is 1.94. The lowest BCUT2D eigenvalue weighted by Crippen LogP contribution is -2.12. The third-order valence-corrected chi connectivity index (χ3v) is 3.01. The van der Waals surface area contributed by atoms with Crippen LogP contribution in [0.5, 0.6) is 0 Å². The van der Waals surface area contributed by atoms with Crippen LogP contribution in [-0.4, -0.2) is 4.99 Å². The molecule has 0 aliphatic rings. The van der Waals surface area contributed by atoms with E-state index >= 15 is 0 Å². The lowest BCUT2D eigenvalue weighted by Gasteiger charge is -2.12. The van der Waals surface area contributed by atoms with Crippen LogP contribution in [-0.2, 0) is 0 Å². The second-order valence-corrected chi connectivity index (χ2v) is 4.78. The van der Waals surface area contributed by atoms with Gasteiger partial charge in [0.25, 0.3) is 0 Å². The number of thiocarbonyl (C=S) groups is 1. The largest absolute Gasteiger partial charge is 0.389 e. The van der Waals surface area contributed by atoms with Crippen molar-refractivity contribution in [2.24, 2.45) is 5.73 Å². The van der Waals surface area contributed by atoms with Crippen molar-refractivity contribution in [2.45, 2.75) is 0 Å². The van der Waals surface area contributed by atoms with Gasteiger partial charge in [0.15, 0.2) is 17.5 Å². The minimum absolute atomic E-state index is 0.0398. The third kappa shape index (κ3) is 2.86. The first-order chi connectivity index (χ1) is 9.40. The quantitative estimate of drug-likeness (QED) is 0.660. The van der Waals surface area contributed by atoms with Gasteiger partial charge in [-0.1, -0.05) is 23.8 Å². The lowest BCUT2D eigenvalue weighted by molar-refractivity contribution is 0.449.